The number of anilines is 1. The van der Waals surface area contributed by atoms with Gasteiger partial charge in [-0.2, -0.15) is 0 Å². The number of benzene rings is 2. The molecule has 0 saturated carbocycles. The molecule has 1 heterocycles. The van der Waals surface area contributed by atoms with Crippen LogP contribution in [0.1, 0.15) is 4.79 Å². The standard InChI is InChI=1S/C18H14ClN3O3/c19-12-16(23)22(14-7-2-1-3-8-14)20-17(24)18(25)21-11-10-13-6-4-5-9-15(13)21/h1-11H,12H2,(H,20,24). The lowest BCUT2D eigenvalue weighted by Crippen LogP contribution is -2.50. The number of nitrogens with zero attached hydrogens (tertiary/aromatic N) is 2. The normalized spacial score (nSPS) is 10.4. The van der Waals surface area contributed by atoms with E-state index >= 15 is 0 Å². The highest BCUT2D eigenvalue weighted by atomic mass is 35.5. The van der Waals surface area contributed by atoms with Crippen molar-refractivity contribution < 1.29 is 14.4 Å². The van der Waals surface area contributed by atoms with Gasteiger partial charge in [-0.3, -0.25) is 24.4 Å². The summed E-state index contributed by atoms with van der Waals surface area (Å²) in [7, 11) is 0. The fourth-order valence-corrected chi connectivity index (χ4v) is 2.55. The topological polar surface area (TPSA) is 71.4 Å². The van der Waals surface area contributed by atoms with Crippen molar-refractivity contribution in [2.24, 2.45) is 0 Å². The van der Waals surface area contributed by atoms with Gasteiger partial charge in [0.05, 0.1) is 11.2 Å². The van der Waals surface area contributed by atoms with Crippen molar-refractivity contribution in [1.82, 2.24) is 9.99 Å². The lowest BCUT2D eigenvalue weighted by Gasteiger charge is -2.22. The van der Waals surface area contributed by atoms with Crippen LogP contribution in [0.15, 0.2) is 66.9 Å². The fourth-order valence-electron chi connectivity index (χ4n) is 2.43. The van der Waals surface area contributed by atoms with E-state index in [4.69, 9.17) is 11.6 Å². The van der Waals surface area contributed by atoms with Gasteiger partial charge in [-0.05, 0) is 24.3 Å². The van der Waals surface area contributed by atoms with Crippen LogP contribution in [0, 0.1) is 0 Å². The lowest BCUT2D eigenvalue weighted by molar-refractivity contribution is -0.122. The third-order valence-electron chi connectivity index (χ3n) is 3.60. The summed E-state index contributed by atoms with van der Waals surface area (Å²) in [5, 5.41) is 1.80. The van der Waals surface area contributed by atoms with E-state index in [1.54, 1.807) is 48.5 Å². The molecule has 0 radical (unpaired) electrons. The molecule has 3 aromatic rings. The molecule has 25 heavy (non-hydrogen) atoms. The number of hydrazine groups is 1. The van der Waals surface area contributed by atoms with Crippen molar-refractivity contribution in [3.8, 4) is 0 Å². The molecule has 1 N–H and O–H groups in total. The van der Waals surface area contributed by atoms with Gasteiger partial charge in [0.25, 0.3) is 5.91 Å². The van der Waals surface area contributed by atoms with Gasteiger partial charge in [-0.15, -0.1) is 11.6 Å². The minimum atomic E-state index is -0.941. The molecule has 7 heteroatoms. The molecule has 0 aliphatic rings. The summed E-state index contributed by atoms with van der Waals surface area (Å²) in [5.41, 5.74) is 3.34. The van der Waals surface area contributed by atoms with E-state index in [1.165, 1.54) is 10.8 Å². The molecule has 0 saturated heterocycles. The van der Waals surface area contributed by atoms with Gasteiger partial charge in [-0.1, -0.05) is 36.4 Å². The minimum absolute atomic E-state index is 0.337. The van der Waals surface area contributed by atoms with Crippen LogP contribution in [-0.2, 0) is 9.59 Å². The van der Waals surface area contributed by atoms with Gasteiger partial charge in [0.1, 0.15) is 5.88 Å². The monoisotopic (exact) mass is 355 g/mol. The number of fused-ring (bicyclic) bond motifs is 1. The maximum absolute atomic E-state index is 12.5. The van der Waals surface area contributed by atoms with E-state index in [1.807, 2.05) is 12.1 Å². The largest absolute Gasteiger partial charge is 0.329 e. The van der Waals surface area contributed by atoms with E-state index in [0.717, 1.165) is 10.4 Å². The summed E-state index contributed by atoms with van der Waals surface area (Å²) in [6.45, 7) is 0. The molecule has 0 unspecified atom stereocenters. The highest BCUT2D eigenvalue weighted by Gasteiger charge is 2.23. The predicted octanol–water partition coefficient (Wildman–Crippen LogP) is 2.58. The Bertz CT molecular complexity index is 937. The summed E-state index contributed by atoms with van der Waals surface area (Å²) in [6.07, 6.45) is 1.52. The zero-order valence-electron chi connectivity index (χ0n) is 13.1. The first-order valence-corrected chi connectivity index (χ1v) is 8.00. The number of alkyl halides is 1. The summed E-state index contributed by atoms with van der Waals surface area (Å²) in [5.74, 6) is -2.63. The number of carbonyl (C=O) groups excluding carboxylic acids is 3. The van der Waals surface area contributed by atoms with Crippen molar-refractivity contribution in [2.75, 3.05) is 10.9 Å². The van der Waals surface area contributed by atoms with Crippen molar-refractivity contribution in [1.29, 1.82) is 0 Å². The van der Waals surface area contributed by atoms with Gasteiger partial charge >= 0.3 is 11.8 Å². The van der Waals surface area contributed by atoms with Crippen molar-refractivity contribution in [2.45, 2.75) is 0 Å². The molecule has 0 spiro atoms. The van der Waals surface area contributed by atoms with E-state index in [-0.39, 0.29) is 5.88 Å². The second-order valence-electron chi connectivity index (χ2n) is 5.19. The molecule has 0 aliphatic carbocycles. The van der Waals surface area contributed by atoms with Gasteiger partial charge in [0.2, 0.25) is 0 Å². The number of halogens is 1. The Morgan fingerprint density at radius 1 is 0.960 bits per heavy atom. The molecule has 0 fully saturated rings. The van der Waals surface area contributed by atoms with Crippen molar-refractivity contribution in [3.63, 3.8) is 0 Å². The molecule has 0 bridgehead atoms. The molecule has 2 amide bonds. The minimum Gasteiger partial charge on any atom is -0.279 e. The van der Waals surface area contributed by atoms with Crippen LogP contribution in [0.2, 0.25) is 0 Å². The fraction of sp³-hybridized carbons (Fsp3) is 0.0556. The first-order chi connectivity index (χ1) is 12.1. The van der Waals surface area contributed by atoms with Crippen LogP contribution in [0.5, 0.6) is 0 Å². The van der Waals surface area contributed by atoms with Crippen LogP contribution in [0.3, 0.4) is 0 Å². The third kappa shape index (κ3) is 3.39. The van der Waals surface area contributed by atoms with Crippen molar-refractivity contribution >= 4 is 45.9 Å². The van der Waals surface area contributed by atoms with E-state index in [2.05, 4.69) is 5.43 Å². The molecule has 6 nitrogen and oxygen atoms in total. The van der Waals surface area contributed by atoms with Gasteiger partial charge in [-0.25, -0.2) is 5.01 Å². The van der Waals surface area contributed by atoms with Crippen LogP contribution in [0.4, 0.5) is 5.69 Å². The van der Waals surface area contributed by atoms with Crippen LogP contribution in [-0.4, -0.2) is 28.2 Å². The number of hydrogen-bond donors (Lipinski definition) is 1. The zero-order chi connectivity index (χ0) is 17.8. The Kier molecular flexibility index (Phi) is 4.81. The van der Waals surface area contributed by atoms with E-state index in [9.17, 15) is 14.4 Å². The Labute approximate surface area is 148 Å². The SMILES string of the molecule is O=C(NN(C(=O)CCl)c1ccccc1)C(=O)n1ccc2ccccc21. The maximum atomic E-state index is 12.5. The summed E-state index contributed by atoms with van der Waals surface area (Å²) >= 11 is 5.60. The molecule has 2 aromatic carbocycles. The van der Waals surface area contributed by atoms with E-state index < -0.39 is 17.7 Å². The Balaban J connectivity index is 1.86. The number of nitrogens with one attached hydrogen (secondary N) is 1. The molecule has 0 aliphatic heterocycles. The zero-order valence-corrected chi connectivity index (χ0v) is 13.8. The predicted molar refractivity (Wildman–Crippen MR) is 95.4 cm³/mol. The van der Waals surface area contributed by atoms with Crippen LogP contribution in [0.25, 0.3) is 10.9 Å². The van der Waals surface area contributed by atoms with Crippen molar-refractivity contribution in [3.05, 3.63) is 66.9 Å². The molecule has 3 rings (SSSR count). The second kappa shape index (κ2) is 7.19. The first kappa shape index (κ1) is 16.7. The smallest absolute Gasteiger partial charge is 0.279 e. The summed E-state index contributed by atoms with van der Waals surface area (Å²) in [6, 6.07) is 17.4. The number of rotatable bonds is 2. The summed E-state index contributed by atoms with van der Waals surface area (Å²) in [4.78, 5) is 36.9. The average molecular weight is 356 g/mol. The van der Waals surface area contributed by atoms with Gasteiger partial charge in [0.15, 0.2) is 0 Å². The maximum Gasteiger partial charge on any atom is 0.329 e. The summed E-state index contributed by atoms with van der Waals surface area (Å²) < 4.78 is 1.24. The first-order valence-electron chi connectivity index (χ1n) is 7.47. The number of aromatic nitrogens is 1. The molecule has 1 aromatic heterocycles. The molecule has 126 valence electrons. The van der Waals surface area contributed by atoms with E-state index in [0.29, 0.717) is 11.2 Å². The highest BCUT2D eigenvalue weighted by molar-refractivity contribution is 6.38. The highest BCUT2D eigenvalue weighted by Crippen LogP contribution is 2.15. The number of hydrogen-bond acceptors (Lipinski definition) is 3. The Morgan fingerprint density at radius 2 is 1.64 bits per heavy atom. The number of amides is 2. The lowest BCUT2D eigenvalue weighted by atomic mass is 10.2. The quantitative estimate of drug-likeness (QED) is 0.436. The molecular formula is C18H14ClN3O3. The number of para-hydroxylation sites is 2. The average Bonchev–Trinajstić information content (AvgIpc) is 3.09. The van der Waals surface area contributed by atoms with Gasteiger partial charge < -0.3 is 0 Å². The molecule has 0 atom stereocenters. The molecular weight excluding hydrogens is 342 g/mol. The Morgan fingerprint density at radius 3 is 2.36 bits per heavy atom. The van der Waals surface area contributed by atoms with Crippen LogP contribution < -0.4 is 10.4 Å². The van der Waals surface area contributed by atoms with Crippen LogP contribution >= 0.6 is 11.6 Å². The third-order valence-corrected chi connectivity index (χ3v) is 3.83. The van der Waals surface area contributed by atoms with Gasteiger partial charge in [0, 0.05) is 11.6 Å². The number of carbonyl (C=O) groups is 3. The second-order valence-corrected chi connectivity index (χ2v) is 5.46. The Hall–Kier alpha value is -3.12.